The van der Waals surface area contributed by atoms with Crippen molar-refractivity contribution in [2.75, 3.05) is 36.1 Å². The van der Waals surface area contributed by atoms with Crippen LogP contribution in [0, 0.1) is 0 Å². The van der Waals surface area contributed by atoms with Gasteiger partial charge in [-0.1, -0.05) is 0 Å². The lowest BCUT2D eigenvalue weighted by Crippen LogP contribution is -2.37. The topological polar surface area (TPSA) is 128 Å². The highest BCUT2D eigenvalue weighted by Gasteiger charge is 2.32. The molecule has 0 aromatic carbocycles. The number of aliphatic hydroxyl groups is 2. The molecule has 2 aliphatic heterocycles. The number of nitrogens with zero attached hydrogens (tertiary/aromatic N) is 6. The van der Waals surface area contributed by atoms with Crippen molar-refractivity contribution in [1.29, 1.82) is 0 Å². The van der Waals surface area contributed by atoms with Crippen LogP contribution in [0.3, 0.4) is 0 Å². The van der Waals surface area contributed by atoms with Gasteiger partial charge in [-0.3, -0.25) is 4.79 Å². The predicted octanol–water partition coefficient (Wildman–Crippen LogP) is 0.119. The Bertz CT molecular complexity index is 867. The lowest BCUT2D eigenvalue weighted by molar-refractivity contribution is 0.0949. The van der Waals surface area contributed by atoms with E-state index in [1.807, 2.05) is 9.80 Å². The zero-order valence-electron chi connectivity index (χ0n) is 16.8. The maximum Gasteiger partial charge on any atom is 0.256 e. The summed E-state index contributed by atoms with van der Waals surface area (Å²) in [5.41, 5.74) is 0.356. The SMILES string of the molecule is O=C(NCc1ncccn1)c1cnc(N2CCC[C@H]2CO)nc1N1CCC[C@H]1CO. The Hall–Kier alpha value is -2.85. The molecule has 2 fully saturated rings. The van der Waals surface area contributed by atoms with E-state index in [2.05, 4.69) is 20.3 Å². The third-order valence-electron chi connectivity index (χ3n) is 5.73. The van der Waals surface area contributed by atoms with E-state index in [1.54, 1.807) is 24.7 Å². The summed E-state index contributed by atoms with van der Waals surface area (Å²) in [5.74, 6) is 1.23. The molecule has 10 heteroatoms. The van der Waals surface area contributed by atoms with Gasteiger partial charge in [-0.25, -0.2) is 15.0 Å². The van der Waals surface area contributed by atoms with Crippen molar-refractivity contribution in [3.63, 3.8) is 0 Å². The third-order valence-corrected chi connectivity index (χ3v) is 5.73. The van der Waals surface area contributed by atoms with E-state index in [1.165, 1.54) is 0 Å². The maximum atomic E-state index is 13.0. The van der Waals surface area contributed by atoms with Crippen molar-refractivity contribution >= 4 is 17.7 Å². The summed E-state index contributed by atoms with van der Waals surface area (Å²) in [4.78, 5) is 34.4. The molecule has 160 valence electrons. The van der Waals surface area contributed by atoms with E-state index in [0.717, 1.165) is 32.2 Å². The van der Waals surface area contributed by atoms with Crippen LogP contribution >= 0.6 is 0 Å². The molecule has 0 spiro atoms. The molecule has 30 heavy (non-hydrogen) atoms. The molecule has 2 aromatic rings. The Morgan fingerprint density at radius 1 is 1.03 bits per heavy atom. The molecule has 0 unspecified atom stereocenters. The van der Waals surface area contributed by atoms with E-state index < -0.39 is 0 Å². The maximum absolute atomic E-state index is 13.0. The molecular formula is C20H27N7O3. The van der Waals surface area contributed by atoms with Crippen LogP contribution < -0.4 is 15.1 Å². The second-order valence-electron chi connectivity index (χ2n) is 7.60. The van der Waals surface area contributed by atoms with E-state index >= 15 is 0 Å². The fourth-order valence-corrected chi connectivity index (χ4v) is 4.15. The normalized spacial score (nSPS) is 21.3. The Morgan fingerprint density at radius 2 is 1.70 bits per heavy atom. The number of rotatable bonds is 7. The number of carbonyl (C=O) groups is 1. The Balaban J connectivity index is 1.62. The summed E-state index contributed by atoms with van der Waals surface area (Å²) in [6.45, 7) is 1.73. The van der Waals surface area contributed by atoms with Crippen LogP contribution in [0.5, 0.6) is 0 Å². The molecule has 0 radical (unpaired) electrons. The van der Waals surface area contributed by atoms with Gasteiger partial charge in [-0.15, -0.1) is 0 Å². The number of nitrogens with one attached hydrogen (secondary N) is 1. The lowest BCUT2D eigenvalue weighted by Gasteiger charge is -2.28. The Kier molecular flexibility index (Phi) is 6.34. The van der Waals surface area contributed by atoms with Crippen LogP contribution in [0.2, 0.25) is 0 Å². The molecule has 4 rings (SSSR count). The fourth-order valence-electron chi connectivity index (χ4n) is 4.15. The van der Waals surface area contributed by atoms with Gasteiger partial charge in [-0.2, -0.15) is 4.98 Å². The van der Waals surface area contributed by atoms with Crippen molar-refractivity contribution in [1.82, 2.24) is 25.3 Å². The van der Waals surface area contributed by atoms with Crippen LogP contribution in [-0.4, -0.2) is 74.4 Å². The minimum atomic E-state index is -0.312. The number of anilines is 2. The van der Waals surface area contributed by atoms with Gasteiger partial charge in [0.15, 0.2) is 0 Å². The van der Waals surface area contributed by atoms with E-state index in [-0.39, 0.29) is 37.7 Å². The number of hydrogen-bond donors (Lipinski definition) is 3. The predicted molar refractivity (Wildman–Crippen MR) is 110 cm³/mol. The molecule has 2 aliphatic rings. The van der Waals surface area contributed by atoms with Crippen molar-refractivity contribution in [2.24, 2.45) is 0 Å². The molecule has 1 amide bonds. The fraction of sp³-hybridized carbons (Fsp3) is 0.550. The van der Waals surface area contributed by atoms with Crippen molar-refractivity contribution < 1.29 is 15.0 Å². The van der Waals surface area contributed by atoms with Crippen LogP contribution in [0.1, 0.15) is 41.9 Å². The van der Waals surface area contributed by atoms with E-state index in [0.29, 0.717) is 29.7 Å². The summed E-state index contributed by atoms with van der Waals surface area (Å²) in [7, 11) is 0. The Labute approximate surface area is 175 Å². The van der Waals surface area contributed by atoms with Gasteiger partial charge in [-0.05, 0) is 31.7 Å². The average Bonchev–Trinajstić information content (AvgIpc) is 3.47. The van der Waals surface area contributed by atoms with Crippen LogP contribution in [-0.2, 0) is 6.54 Å². The summed E-state index contributed by atoms with van der Waals surface area (Å²) < 4.78 is 0. The minimum Gasteiger partial charge on any atom is -0.394 e. The van der Waals surface area contributed by atoms with E-state index in [9.17, 15) is 15.0 Å². The van der Waals surface area contributed by atoms with Gasteiger partial charge < -0.3 is 25.3 Å². The highest BCUT2D eigenvalue weighted by atomic mass is 16.3. The van der Waals surface area contributed by atoms with Gasteiger partial charge in [0.2, 0.25) is 5.95 Å². The standard InChI is InChI=1S/C20H27N7O3/c28-12-14-4-1-8-26(14)18-16(19(30)23-11-17-21-6-3-7-22-17)10-24-20(25-18)27-9-2-5-15(27)13-29/h3,6-7,10,14-15,28-29H,1-2,4-5,8-9,11-13H2,(H,23,30)/t14-,15-/m0/s1. The highest BCUT2D eigenvalue weighted by molar-refractivity contribution is 5.98. The molecule has 10 nitrogen and oxygen atoms in total. The van der Waals surface area contributed by atoms with Crippen LogP contribution in [0.25, 0.3) is 0 Å². The largest absolute Gasteiger partial charge is 0.394 e. The highest BCUT2D eigenvalue weighted by Crippen LogP contribution is 2.30. The van der Waals surface area contributed by atoms with E-state index in [4.69, 9.17) is 4.98 Å². The Morgan fingerprint density at radius 3 is 2.40 bits per heavy atom. The molecule has 2 atom stereocenters. The van der Waals surface area contributed by atoms with Gasteiger partial charge in [0.25, 0.3) is 5.91 Å². The summed E-state index contributed by atoms with van der Waals surface area (Å²) in [6, 6.07) is 1.63. The second-order valence-corrected chi connectivity index (χ2v) is 7.60. The third kappa shape index (κ3) is 4.19. The van der Waals surface area contributed by atoms with Gasteiger partial charge in [0.05, 0.1) is 31.8 Å². The summed E-state index contributed by atoms with van der Waals surface area (Å²) in [5, 5.41) is 22.3. The van der Waals surface area contributed by atoms with Crippen molar-refractivity contribution in [3.05, 3.63) is 36.0 Å². The first-order valence-corrected chi connectivity index (χ1v) is 10.4. The molecule has 0 aliphatic carbocycles. The number of aromatic nitrogens is 4. The van der Waals surface area contributed by atoms with Gasteiger partial charge >= 0.3 is 0 Å². The average molecular weight is 413 g/mol. The number of aliphatic hydroxyl groups excluding tert-OH is 2. The first kappa shape index (κ1) is 20.4. The molecule has 4 heterocycles. The van der Waals surface area contributed by atoms with Gasteiger partial charge in [0.1, 0.15) is 17.2 Å². The lowest BCUT2D eigenvalue weighted by atomic mass is 10.2. The number of hydrogen-bond acceptors (Lipinski definition) is 9. The van der Waals surface area contributed by atoms with Crippen LogP contribution in [0.4, 0.5) is 11.8 Å². The second kappa shape index (κ2) is 9.31. The molecule has 0 saturated carbocycles. The molecular weight excluding hydrogens is 386 g/mol. The molecule has 2 aromatic heterocycles. The summed E-state index contributed by atoms with van der Waals surface area (Å²) in [6.07, 6.45) is 8.41. The number of amides is 1. The first-order valence-electron chi connectivity index (χ1n) is 10.4. The van der Waals surface area contributed by atoms with Crippen molar-refractivity contribution in [3.8, 4) is 0 Å². The van der Waals surface area contributed by atoms with Crippen molar-refractivity contribution in [2.45, 2.75) is 44.3 Å². The van der Waals surface area contributed by atoms with Gasteiger partial charge in [0, 0.05) is 31.7 Å². The zero-order valence-corrected chi connectivity index (χ0v) is 16.8. The first-order chi connectivity index (χ1) is 14.7. The molecule has 3 N–H and O–H groups in total. The number of carbonyl (C=O) groups excluding carboxylic acids is 1. The summed E-state index contributed by atoms with van der Waals surface area (Å²) >= 11 is 0. The molecule has 2 saturated heterocycles. The quantitative estimate of drug-likeness (QED) is 0.580. The van der Waals surface area contributed by atoms with Crippen LogP contribution in [0.15, 0.2) is 24.7 Å². The minimum absolute atomic E-state index is 0.00122. The zero-order chi connectivity index (χ0) is 20.9. The smallest absolute Gasteiger partial charge is 0.256 e. The monoisotopic (exact) mass is 413 g/mol. The molecule has 0 bridgehead atoms.